The molecule has 1 aromatic heterocycles. The molecule has 0 aliphatic carbocycles. The van der Waals surface area contributed by atoms with Gasteiger partial charge in [-0.3, -0.25) is 4.79 Å². The van der Waals surface area contributed by atoms with Gasteiger partial charge in [-0.2, -0.15) is 0 Å². The van der Waals surface area contributed by atoms with Crippen molar-refractivity contribution in [3.63, 3.8) is 0 Å². The number of aromatic nitrogens is 1. The van der Waals surface area contributed by atoms with E-state index >= 15 is 0 Å². The molecule has 0 radical (unpaired) electrons. The first-order chi connectivity index (χ1) is 9.49. The van der Waals surface area contributed by atoms with Gasteiger partial charge in [-0.1, -0.05) is 0 Å². The molecular weight excluding hydrogens is 254 g/mol. The van der Waals surface area contributed by atoms with Crippen molar-refractivity contribution in [2.45, 2.75) is 40.2 Å². The molecule has 0 spiro atoms. The minimum atomic E-state index is -0.0156. The van der Waals surface area contributed by atoms with Crippen LogP contribution in [0.15, 0.2) is 12.1 Å². The van der Waals surface area contributed by atoms with Crippen LogP contribution in [0.2, 0.25) is 0 Å². The monoisotopic (exact) mass is 279 g/mol. The quantitative estimate of drug-likeness (QED) is 0.802. The third kappa shape index (κ3) is 4.49. The molecule has 0 atom stereocenters. The van der Waals surface area contributed by atoms with Crippen LogP contribution in [-0.2, 0) is 0 Å². The molecule has 5 nitrogen and oxygen atoms in total. The molecule has 0 aliphatic heterocycles. The highest BCUT2D eigenvalue weighted by Crippen LogP contribution is 2.14. The smallest absolute Gasteiger partial charge is 0.254 e. The number of carbonyl (C=O) groups excluding carboxylic acids is 1. The molecule has 112 valence electrons. The van der Waals surface area contributed by atoms with Crippen LogP contribution >= 0.6 is 0 Å². The maximum atomic E-state index is 12.6. The fourth-order valence-electron chi connectivity index (χ4n) is 2.06. The van der Waals surface area contributed by atoms with Crippen LogP contribution in [0.25, 0.3) is 0 Å². The number of nitrogens with zero attached hydrogens (tertiary/aromatic N) is 2. The van der Waals surface area contributed by atoms with Gasteiger partial charge < -0.3 is 15.3 Å². The number of rotatable bonds is 7. The van der Waals surface area contributed by atoms with E-state index in [2.05, 4.69) is 10.3 Å². The number of hydrogen-bond acceptors (Lipinski definition) is 4. The molecule has 0 bridgehead atoms. The van der Waals surface area contributed by atoms with Crippen LogP contribution in [0.1, 0.15) is 43.2 Å². The first-order valence-electron chi connectivity index (χ1n) is 7.14. The van der Waals surface area contributed by atoms with Crippen molar-refractivity contribution in [3.8, 4) is 0 Å². The molecule has 0 aromatic carbocycles. The Kier molecular flexibility index (Phi) is 6.45. The number of aryl methyl sites for hydroxylation is 1. The molecule has 2 N–H and O–H groups in total. The summed E-state index contributed by atoms with van der Waals surface area (Å²) in [6.07, 6.45) is 0.591. The lowest BCUT2D eigenvalue weighted by atomic mass is 10.1. The Morgan fingerprint density at radius 3 is 2.70 bits per heavy atom. The van der Waals surface area contributed by atoms with Gasteiger partial charge in [0.05, 0.1) is 0 Å². The summed E-state index contributed by atoms with van der Waals surface area (Å²) in [5, 5.41) is 12.1. The second-order valence-corrected chi connectivity index (χ2v) is 5.08. The number of nitrogens with one attached hydrogen (secondary N) is 1. The zero-order valence-electron chi connectivity index (χ0n) is 12.8. The summed E-state index contributed by atoms with van der Waals surface area (Å²) in [7, 11) is 0. The van der Waals surface area contributed by atoms with Gasteiger partial charge in [0.25, 0.3) is 5.91 Å². The predicted molar refractivity (Wildman–Crippen MR) is 81.0 cm³/mol. The molecule has 1 amide bonds. The number of hydrogen-bond donors (Lipinski definition) is 2. The molecule has 1 rings (SSSR count). The Hall–Kier alpha value is -1.62. The van der Waals surface area contributed by atoms with E-state index in [4.69, 9.17) is 5.11 Å². The second-order valence-electron chi connectivity index (χ2n) is 5.08. The van der Waals surface area contributed by atoms with Crippen LogP contribution in [0.3, 0.4) is 0 Å². The summed E-state index contributed by atoms with van der Waals surface area (Å²) in [6.45, 7) is 9.25. The van der Waals surface area contributed by atoms with E-state index in [1.807, 2.05) is 27.7 Å². The lowest BCUT2D eigenvalue weighted by Gasteiger charge is -2.27. The fourth-order valence-corrected chi connectivity index (χ4v) is 2.06. The van der Waals surface area contributed by atoms with Crippen molar-refractivity contribution in [2.75, 3.05) is 25.0 Å². The molecule has 0 saturated heterocycles. The van der Waals surface area contributed by atoms with Crippen molar-refractivity contribution >= 4 is 11.7 Å². The summed E-state index contributed by atoms with van der Waals surface area (Å²) < 4.78 is 0. The van der Waals surface area contributed by atoms with E-state index < -0.39 is 0 Å². The Labute approximate surface area is 121 Å². The molecule has 0 aliphatic rings. The van der Waals surface area contributed by atoms with E-state index in [0.29, 0.717) is 18.5 Å². The third-order valence-electron chi connectivity index (χ3n) is 3.00. The minimum Gasteiger partial charge on any atom is -0.396 e. The number of aliphatic hydroxyl groups is 1. The summed E-state index contributed by atoms with van der Waals surface area (Å²) in [6, 6.07) is 3.69. The zero-order valence-corrected chi connectivity index (χ0v) is 12.8. The van der Waals surface area contributed by atoms with Gasteiger partial charge in [0.1, 0.15) is 5.82 Å². The van der Waals surface area contributed by atoms with E-state index in [0.717, 1.165) is 18.1 Å². The van der Waals surface area contributed by atoms with E-state index in [9.17, 15) is 4.79 Å². The fraction of sp³-hybridized carbons (Fsp3) is 0.600. The molecule has 0 saturated carbocycles. The average Bonchev–Trinajstić information content (AvgIpc) is 2.38. The number of pyridine rings is 1. The molecule has 0 fully saturated rings. The molecule has 1 heterocycles. The van der Waals surface area contributed by atoms with Crippen LogP contribution < -0.4 is 5.32 Å². The summed E-state index contributed by atoms with van der Waals surface area (Å²) in [5.41, 5.74) is 1.46. The van der Waals surface area contributed by atoms with Gasteiger partial charge in [0, 0.05) is 37.0 Å². The average molecular weight is 279 g/mol. The summed E-state index contributed by atoms with van der Waals surface area (Å²) in [5.74, 6) is 0.708. The number of amides is 1. The number of aliphatic hydroxyl groups excluding tert-OH is 1. The van der Waals surface area contributed by atoms with E-state index in [1.165, 1.54) is 0 Å². The van der Waals surface area contributed by atoms with Crippen molar-refractivity contribution in [1.29, 1.82) is 0 Å². The number of carbonyl (C=O) groups is 1. The van der Waals surface area contributed by atoms with E-state index in [-0.39, 0.29) is 18.6 Å². The van der Waals surface area contributed by atoms with Gasteiger partial charge in [0.2, 0.25) is 0 Å². The normalized spacial score (nSPS) is 10.7. The van der Waals surface area contributed by atoms with E-state index in [1.54, 1.807) is 17.0 Å². The largest absolute Gasteiger partial charge is 0.396 e. The van der Waals surface area contributed by atoms with Crippen molar-refractivity contribution in [3.05, 3.63) is 23.4 Å². The van der Waals surface area contributed by atoms with Gasteiger partial charge in [0.15, 0.2) is 0 Å². The number of anilines is 1. The summed E-state index contributed by atoms with van der Waals surface area (Å²) >= 11 is 0. The van der Waals surface area contributed by atoms with Gasteiger partial charge in [-0.15, -0.1) is 0 Å². The molecule has 1 aromatic rings. The Balaban J connectivity index is 2.98. The van der Waals surface area contributed by atoms with Gasteiger partial charge in [-0.25, -0.2) is 4.98 Å². The van der Waals surface area contributed by atoms with Crippen LogP contribution in [0.5, 0.6) is 0 Å². The maximum Gasteiger partial charge on any atom is 0.254 e. The lowest BCUT2D eigenvalue weighted by molar-refractivity contribution is 0.0693. The third-order valence-corrected chi connectivity index (χ3v) is 3.00. The maximum absolute atomic E-state index is 12.6. The van der Waals surface area contributed by atoms with Crippen molar-refractivity contribution < 1.29 is 9.90 Å². The lowest BCUT2D eigenvalue weighted by Crippen LogP contribution is -2.38. The van der Waals surface area contributed by atoms with Crippen molar-refractivity contribution in [1.82, 2.24) is 9.88 Å². The predicted octanol–water partition coefficient (Wildman–Crippen LogP) is 2.05. The van der Waals surface area contributed by atoms with Gasteiger partial charge in [-0.05, 0) is 46.2 Å². The standard InChI is InChI=1S/C15H25N3O2/c1-5-16-14-10-13(9-12(4)17-14)15(20)18(11(2)3)7-6-8-19/h9-11,19H,5-8H2,1-4H3,(H,16,17). The minimum absolute atomic E-state index is 0.0156. The molecule has 5 heteroatoms. The Morgan fingerprint density at radius 2 is 2.15 bits per heavy atom. The molecule has 20 heavy (non-hydrogen) atoms. The molecule has 0 unspecified atom stereocenters. The Morgan fingerprint density at radius 1 is 1.45 bits per heavy atom. The van der Waals surface area contributed by atoms with Gasteiger partial charge >= 0.3 is 0 Å². The van der Waals surface area contributed by atoms with Crippen LogP contribution in [0, 0.1) is 6.92 Å². The van der Waals surface area contributed by atoms with Crippen LogP contribution in [-0.4, -0.2) is 46.6 Å². The highest BCUT2D eigenvalue weighted by atomic mass is 16.3. The summed E-state index contributed by atoms with van der Waals surface area (Å²) in [4.78, 5) is 18.7. The van der Waals surface area contributed by atoms with Crippen LogP contribution in [0.4, 0.5) is 5.82 Å². The second kappa shape index (κ2) is 7.85. The zero-order chi connectivity index (χ0) is 15.1. The topological polar surface area (TPSA) is 65.5 Å². The SMILES string of the molecule is CCNc1cc(C(=O)N(CCCO)C(C)C)cc(C)n1. The Bertz CT molecular complexity index is 447. The van der Waals surface area contributed by atoms with Crippen molar-refractivity contribution in [2.24, 2.45) is 0 Å². The molecular formula is C15H25N3O2. The first-order valence-corrected chi connectivity index (χ1v) is 7.14. The highest BCUT2D eigenvalue weighted by molar-refractivity contribution is 5.95. The first kappa shape index (κ1) is 16.4. The highest BCUT2D eigenvalue weighted by Gasteiger charge is 2.19.